The van der Waals surface area contributed by atoms with Gasteiger partial charge in [-0.25, -0.2) is 5.43 Å². The number of hydrogen-bond donors (Lipinski definition) is 2. The van der Waals surface area contributed by atoms with Crippen LogP contribution in [0.1, 0.15) is 38.8 Å². The van der Waals surface area contributed by atoms with Crippen LogP contribution in [0.3, 0.4) is 0 Å². The fourth-order valence-electron chi connectivity index (χ4n) is 3.03. The van der Waals surface area contributed by atoms with Gasteiger partial charge in [0.05, 0.1) is 0 Å². The predicted molar refractivity (Wildman–Crippen MR) is 108 cm³/mol. The Morgan fingerprint density at radius 2 is 1.32 bits per heavy atom. The third-order valence-corrected chi connectivity index (χ3v) is 3.97. The topological polar surface area (TPSA) is 27.3 Å². The van der Waals surface area contributed by atoms with Gasteiger partial charge in [-0.15, -0.1) is 0 Å². The highest BCUT2D eigenvalue weighted by molar-refractivity contribution is 5.41. The Labute approximate surface area is 153 Å². The standard InChI is InChI=1S/C22H33N3/c1-18(2)15-25(16-19(3)4)17-21-12-10-20(11-13-21)14-23-24-22-8-6-5-7-9-22/h5-13,18-19,23-24H,14-17H2,1-4H3. The molecule has 3 heteroatoms. The van der Waals surface area contributed by atoms with Gasteiger partial charge in [0.15, 0.2) is 0 Å². The third kappa shape index (κ3) is 7.72. The van der Waals surface area contributed by atoms with Gasteiger partial charge in [-0.05, 0) is 35.1 Å². The van der Waals surface area contributed by atoms with Crippen LogP contribution < -0.4 is 10.9 Å². The summed E-state index contributed by atoms with van der Waals surface area (Å²) in [6, 6.07) is 19.1. The van der Waals surface area contributed by atoms with Crippen molar-refractivity contribution in [1.29, 1.82) is 0 Å². The van der Waals surface area contributed by atoms with E-state index in [2.05, 4.69) is 67.7 Å². The molecule has 2 aromatic rings. The lowest BCUT2D eigenvalue weighted by atomic mass is 10.1. The summed E-state index contributed by atoms with van der Waals surface area (Å²) in [6.07, 6.45) is 0. The summed E-state index contributed by atoms with van der Waals surface area (Å²) < 4.78 is 0. The van der Waals surface area contributed by atoms with E-state index < -0.39 is 0 Å². The van der Waals surface area contributed by atoms with Crippen molar-refractivity contribution in [2.24, 2.45) is 11.8 Å². The van der Waals surface area contributed by atoms with Crippen LogP contribution in [0.4, 0.5) is 5.69 Å². The molecule has 0 bridgehead atoms. The van der Waals surface area contributed by atoms with Gasteiger partial charge in [-0.1, -0.05) is 70.2 Å². The maximum atomic E-state index is 3.27. The molecule has 0 heterocycles. The Kier molecular flexibility index (Phi) is 7.96. The van der Waals surface area contributed by atoms with Gasteiger partial charge >= 0.3 is 0 Å². The lowest BCUT2D eigenvalue weighted by molar-refractivity contribution is 0.211. The number of para-hydroxylation sites is 1. The highest BCUT2D eigenvalue weighted by atomic mass is 15.3. The van der Waals surface area contributed by atoms with Crippen LogP contribution in [0, 0.1) is 11.8 Å². The molecule has 2 rings (SSSR count). The first-order chi connectivity index (χ1) is 12.0. The fourth-order valence-corrected chi connectivity index (χ4v) is 3.03. The van der Waals surface area contributed by atoms with Crippen LogP contribution in [0.5, 0.6) is 0 Å². The Morgan fingerprint density at radius 3 is 1.88 bits per heavy atom. The fraction of sp³-hybridized carbons (Fsp3) is 0.455. The Morgan fingerprint density at radius 1 is 0.760 bits per heavy atom. The molecule has 0 radical (unpaired) electrons. The molecule has 0 aromatic heterocycles. The number of benzene rings is 2. The summed E-state index contributed by atoms with van der Waals surface area (Å²) in [5, 5.41) is 0. The van der Waals surface area contributed by atoms with Crippen molar-refractivity contribution >= 4 is 5.69 Å². The number of nitrogens with zero attached hydrogens (tertiary/aromatic N) is 1. The van der Waals surface area contributed by atoms with Crippen LogP contribution in [0.25, 0.3) is 0 Å². The zero-order valence-electron chi connectivity index (χ0n) is 16.1. The minimum absolute atomic E-state index is 0.700. The third-order valence-electron chi connectivity index (χ3n) is 3.97. The van der Waals surface area contributed by atoms with Gasteiger partial charge in [0.1, 0.15) is 0 Å². The molecule has 0 fully saturated rings. The quantitative estimate of drug-likeness (QED) is 0.602. The van der Waals surface area contributed by atoms with E-state index in [-0.39, 0.29) is 0 Å². The smallest absolute Gasteiger partial charge is 0.0487 e. The highest BCUT2D eigenvalue weighted by Crippen LogP contribution is 2.12. The maximum absolute atomic E-state index is 3.27. The molecule has 3 nitrogen and oxygen atoms in total. The van der Waals surface area contributed by atoms with Crippen molar-refractivity contribution in [1.82, 2.24) is 10.3 Å². The van der Waals surface area contributed by atoms with Gasteiger partial charge in [0, 0.05) is 31.9 Å². The Balaban J connectivity index is 1.83. The molecule has 0 spiro atoms. The number of anilines is 1. The molecule has 0 saturated heterocycles. The molecule has 0 unspecified atom stereocenters. The second kappa shape index (κ2) is 10.2. The molecule has 2 aromatic carbocycles. The number of hydrazine groups is 1. The van der Waals surface area contributed by atoms with E-state index in [1.54, 1.807) is 0 Å². The van der Waals surface area contributed by atoms with Crippen molar-refractivity contribution in [2.45, 2.75) is 40.8 Å². The summed E-state index contributed by atoms with van der Waals surface area (Å²) in [4.78, 5) is 2.57. The van der Waals surface area contributed by atoms with E-state index in [1.807, 2.05) is 30.3 Å². The minimum atomic E-state index is 0.700. The molecular formula is C22H33N3. The molecule has 0 aliphatic rings. The lowest BCUT2D eigenvalue weighted by Crippen LogP contribution is -2.30. The molecule has 0 amide bonds. The van der Waals surface area contributed by atoms with Crippen molar-refractivity contribution in [3.63, 3.8) is 0 Å². The summed E-state index contributed by atoms with van der Waals surface area (Å²) in [5.74, 6) is 1.40. The largest absolute Gasteiger partial charge is 0.321 e. The van der Waals surface area contributed by atoms with Crippen LogP contribution in [0.2, 0.25) is 0 Å². The Bertz CT molecular complexity index is 580. The summed E-state index contributed by atoms with van der Waals surface area (Å²) in [5.41, 5.74) is 10.2. The zero-order valence-corrected chi connectivity index (χ0v) is 16.1. The van der Waals surface area contributed by atoms with Gasteiger partial charge < -0.3 is 5.43 Å². The number of rotatable bonds is 10. The molecule has 0 aliphatic heterocycles. The minimum Gasteiger partial charge on any atom is -0.321 e. The lowest BCUT2D eigenvalue weighted by Gasteiger charge is -2.26. The highest BCUT2D eigenvalue weighted by Gasteiger charge is 2.10. The van der Waals surface area contributed by atoms with E-state index in [0.29, 0.717) is 11.8 Å². The first kappa shape index (κ1) is 19.5. The predicted octanol–water partition coefficient (Wildman–Crippen LogP) is 4.92. The van der Waals surface area contributed by atoms with Crippen molar-refractivity contribution in [3.05, 3.63) is 65.7 Å². The van der Waals surface area contributed by atoms with Crippen LogP contribution in [-0.2, 0) is 13.1 Å². The van der Waals surface area contributed by atoms with Gasteiger partial charge in [0.2, 0.25) is 0 Å². The van der Waals surface area contributed by atoms with Gasteiger partial charge in [-0.2, -0.15) is 0 Å². The molecule has 0 aliphatic carbocycles. The number of hydrogen-bond acceptors (Lipinski definition) is 3. The SMILES string of the molecule is CC(C)CN(Cc1ccc(CNNc2ccccc2)cc1)CC(C)C. The van der Waals surface area contributed by atoms with E-state index in [1.165, 1.54) is 11.1 Å². The average molecular weight is 340 g/mol. The monoisotopic (exact) mass is 339 g/mol. The van der Waals surface area contributed by atoms with Crippen LogP contribution >= 0.6 is 0 Å². The Hall–Kier alpha value is -1.84. The maximum Gasteiger partial charge on any atom is 0.0487 e. The molecule has 136 valence electrons. The summed E-state index contributed by atoms with van der Waals surface area (Å²) >= 11 is 0. The van der Waals surface area contributed by atoms with E-state index in [4.69, 9.17) is 0 Å². The normalized spacial score (nSPS) is 11.5. The van der Waals surface area contributed by atoms with E-state index >= 15 is 0 Å². The second-order valence-electron chi connectivity index (χ2n) is 7.64. The van der Waals surface area contributed by atoms with Crippen LogP contribution in [-0.4, -0.2) is 18.0 Å². The van der Waals surface area contributed by atoms with Crippen molar-refractivity contribution in [3.8, 4) is 0 Å². The van der Waals surface area contributed by atoms with E-state index in [0.717, 1.165) is 31.9 Å². The first-order valence-corrected chi connectivity index (χ1v) is 9.37. The van der Waals surface area contributed by atoms with Crippen molar-refractivity contribution < 1.29 is 0 Å². The van der Waals surface area contributed by atoms with Crippen LogP contribution in [0.15, 0.2) is 54.6 Å². The van der Waals surface area contributed by atoms with Gasteiger partial charge in [-0.3, -0.25) is 4.90 Å². The molecule has 0 atom stereocenters. The second-order valence-corrected chi connectivity index (χ2v) is 7.64. The molecule has 2 N–H and O–H groups in total. The van der Waals surface area contributed by atoms with E-state index in [9.17, 15) is 0 Å². The molecular weight excluding hydrogens is 306 g/mol. The van der Waals surface area contributed by atoms with Crippen molar-refractivity contribution in [2.75, 3.05) is 18.5 Å². The summed E-state index contributed by atoms with van der Waals surface area (Å²) in [7, 11) is 0. The molecule has 0 saturated carbocycles. The first-order valence-electron chi connectivity index (χ1n) is 9.37. The molecule has 25 heavy (non-hydrogen) atoms. The zero-order chi connectivity index (χ0) is 18.1. The van der Waals surface area contributed by atoms with Gasteiger partial charge in [0.25, 0.3) is 0 Å². The number of nitrogens with one attached hydrogen (secondary N) is 2. The summed E-state index contributed by atoms with van der Waals surface area (Å²) in [6.45, 7) is 13.3. The average Bonchev–Trinajstić information content (AvgIpc) is 2.56.